The van der Waals surface area contributed by atoms with Crippen molar-refractivity contribution in [1.82, 2.24) is 24.3 Å². The summed E-state index contributed by atoms with van der Waals surface area (Å²) in [5, 5.41) is 53.2. The minimum Gasteiger partial charge on any atom is -0.479 e. The van der Waals surface area contributed by atoms with Crippen LogP contribution in [0.3, 0.4) is 0 Å². The number of aromatic nitrogens is 2. The van der Waals surface area contributed by atoms with Crippen molar-refractivity contribution >= 4 is 57.0 Å². The summed E-state index contributed by atoms with van der Waals surface area (Å²) in [6.45, 7) is -3.73. The molecule has 1 aromatic carbocycles. The number of likely N-dealkylation sites (N-methyl/N-ethyl adjacent to an activating group) is 1. The van der Waals surface area contributed by atoms with Crippen LogP contribution in [-0.4, -0.2) is 195 Å². The lowest BCUT2D eigenvalue weighted by Gasteiger charge is -2.38. The van der Waals surface area contributed by atoms with Crippen molar-refractivity contribution in [2.24, 2.45) is 0 Å². The normalized spacial score (nSPS) is 24.8. The topological polar surface area (TPSA) is 367 Å². The number of nitrogens with one attached hydrogen (secondary N) is 1. The Bertz CT molecular complexity index is 2370. The number of carbonyl (C=O) groups excluding carboxylic acids is 5. The van der Waals surface area contributed by atoms with Gasteiger partial charge in [-0.3, -0.25) is 33.5 Å². The van der Waals surface area contributed by atoms with E-state index in [9.17, 15) is 67.5 Å². The van der Waals surface area contributed by atoms with E-state index in [1.54, 1.807) is 0 Å². The molecule has 29 heteroatoms. The highest BCUT2D eigenvalue weighted by atomic mass is 32.2. The van der Waals surface area contributed by atoms with E-state index in [-0.39, 0.29) is 35.8 Å². The molecular formula is C37H45F2N7O19S. The number of aliphatic hydroxyl groups is 4. The second-order valence-electron chi connectivity index (χ2n) is 15.0. The number of aliphatic hydroxyl groups excluding tert-OH is 4. The molecule has 1 aromatic heterocycles. The van der Waals surface area contributed by atoms with E-state index < -0.39 is 145 Å². The number of carboxylic acids is 1. The molecule has 4 heterocycles. The van der Waals surface area contributed by atoms with Crippen LogP contribution in [0.15, 0.2) is 47.4 Å². The van der Waals surface area contributed by atoms with Gasteiger partial charge in [0, 0.05) is 51.2 Å². The van der Waals surface area contributed by atoms with Crippen LogP contribution in [0.5, 0.6) is 5.75 Å². The van der Waals surface area contributed by atoms with Crippen molar-refractivity contribution in [3.05, 3.63) is 58.7 Å². The van der Waals surface area contributed by atoms with Gasteiger partial charge in [0.2, 0.25) is 24.3 Å². The molecule has 26 nitrogen and oxygen atoms in total. The minimum absolute atomic E-state index is 0.0695. The first-order valence-electron chi connectivity index (χ1n) is 19.4. The number of hydrogen-bond acceptors (Lipinski definition) is 20. The second-order valence-corrected chi connectivity index (χ2v) is 17.3. The average molecular weight is 962 g/mol. The first kappa shape index (κ1) is 50.8. The molecule has 362 valence electrons. The zero-order valence-electron chi connectivity index (χ0n) is 34.7. The number of amides is 5. The lowest BCUT2D eigenvalue weighted by atomic mass is 9.99. The summed E-state index contributed by atoms with van der Waals surface area (Å²) in [4.78, 5) is 92.8. The van der Waals surface area contributed by atoms with Crippen LogP contribution in [0.25, 0.3) is 0 Å². The summed E-state index contributed by atoms with van der Waals surface area (Å²) in [6.07, 6.45) is -14.6. The van der Waals surface area contributed by atoms with Gasteiger partial charge in [-0.25, -0.2) is 22.8 Å². The molecule has 5 rings (SSSR count). The first-order valence-corrected chi connectivity index (χ1v) is 21.5. The zero-order valence-corrected chi connectivity index (χ0v) is 35.6. The van der Waals surface area contributed by atoms with Gasteiger partial charge in [0.15, 0.2) is 12.2 Å². The maximum Gasteiger partial charge on any atom is 0.411 e. The molecule has 0 spiro atoms. The third-order valence-corrected chi connectivity index (χ3v) is 10.9. The molecule has 5 amide bonds. The number of halogens is 2. The number of rotatable bonds is 19. The molecule has 2 fully saturated rings. The summed E-state index contributed by atoms with van der Waals surface area (Å²) < 4.78 is 81.2. The number of aliphatic carboxylic acids is 1. The maximum atomic E-state index is 15.0. The molecule has 8 atom stereocenters. The van der Waals surface area contributed by atoms with E-state index in [0.717, 1.165) is 57.5 Å². The van der Waals surface area contributed by atoms with Gasteiger partial charge < -0.3 is 65.2 Å². The standard InChI is InChI=1S/C37H45F2N7O19S/c1-43(24(48)8-10-45-25(49)5-6-26(45)50)14-23(47)41-19-13-18(3-4-20(19)63-33-29(53)27(51)28(52)30(65-33)32(55)56)15-62-36(58)44(11-12-66(2,59)60)17-61-16-21-31(54)37(38,39)34(64-21)46-9-7-22(40)42-35(46)57/h3-7,9,13,21,27-31,33-34,51-54H,8,10-12,14-17H2,1-2H3,(H,41,47)(H,55,56)(H2,40,42,57)/t21-,27+,28+,29-,30+,31-,33-,34-/m1/s1. The Kier molecular flexibility index (Phi) is 16.1. The van der Waals surface area contributed by atoms with E-state index in [0.29, 0.717) is 4.57 Å². The molecule has 2 aromatic rings. The fraction of sp³-hybridized carbons (Fsp3) is 0.514. The van der Waals surface area contributed by atoms with Crippen LogP contribution < -0.4 is 21.5 Å². The van der Waals surface area contributed by atoms with Crippen LogP contribution in [0.2, 0.25) is 0 Å². The van der Waals surface area contributed by atoms with Crippen LogP contribution in [0.1, 0.15) is 18.2 Å². The molecule has 0 saturated carbocycles. The van der Waals surface area contributed by atoms with Crippen molar-refractivity contribution in [3.63, 3.8) is 0 Å². The Balaban J connectivity index is 1.28. The summed E-state index contributed by atoms with van der Waals surface area (Å²) in [6, 6.07) is 4.58. The lowest BCUT2D eigenvalue weighted by Crippen LogP contribution is -2.61. The summed E-state index contributed by atoms with van der Waals surface area (Å²) >= 11 is 0. The number of imide groups is 1. The van der Waals surface area contributed by atoms with Gasteiger partial charge >= 0.3 is 23.7 Å². The molecule has 2 saturated heterocycles. The predicted octanol–water partition coefficient (Wildman–Crippen LogP) is -3.64. The molecule has 8 N–H and O–H groups in total. The Labute approximate surface area is 371 Å². The number of ether oxygens (including phenoxy) is 5. The number of carboxylic acid groups (broad SMARTS) is 1. The quantitative estimate of drug-likeness (QED) is 0.0527. The average Bonchev–Trinajstić information content (AvgIpc) is 3.68. The van der Waals surface area contributed by atoms with E-state index in [4.69, 9.17) is 29.4 Å². The number of carbonyl (C=O) groups is 6. The van der Waals surface area contributed by atoms with Crippen molar-refractivity contribution in [2.45, 2.75) is 68.1 Å². The molecule has 0 aliphatic carbocycles. The SMILES string of the molecule is CN(CC(=O)Nc1cc(COC(=O)N(CCS(C)(=O)=O)COC[C@H]2O[C@@H](n3ccc(N)nc3=O)C(F)(F)[C@@H]2O)ccc1O[C@@H]1O[C@H](C(=O)O)[C@@H](O)[C@H](O)[C@H]1O)C(=O)CCN1C(=O)C=CC1=O. The Morgan fingerprint density at radius 1 is 1.02 bits per heavy atom. The molecule has 0 bridgehead atoms. The molecule has 66 heavy (non-hydrogen) atoms. The summed E-state index contributed by atoms with van der Waals surface area (Å²) in [7, 11) is -2.49. The van der Waals surface area contributed by atoms with Crippen molar-refractivity contribution in [2.75, 3.05) is 63.1 Å². The van der Waals surface area contributed by atoms with Crippen molar-refractivity contribution in [3.8, 4) is 5.75 Å². The van der Waals surface area contributed by atoms with Crippen LogP contribution in [0, 0.1) is 0 Å². The Morgan fingerprint density at radius 2 is 1.70 bits per heavy atom. The number of hydrogen-bond donors (Lipinski definition) is 7. The summed E-state index contributed by atoms with van der Waals surface area (Å²) in [5.74, 6) is -9.82. The fourth-order valence-electron chi connectivity index (χ4n) is 6.40. The van der Waals surface area contributed by atoms with Crippen molar-refractivity contribution in [1.29, 1.82) is 0 Å². The zero-order chi connectivity index (χ0) is 48.8. The summed E-state index contributed by atoms with van der Waals surface area (Å²) in [5.41, 5.74) is 4.01. The minimum atomic E-state index is -4.04. The number of anilines is 2. The highest BCUT2D eigenvalue weighted by Gasteiger charge is 2.59. The highest BCUT2D eigenvalue weighted by molar-refractivity contribution is 7.90. The van der Waals surface area contributed by atoms with Gasteiger partial charge in [-0.2, -0.15) is 13.8 Å². The lowest BCUT2D eigenvalue weighted by molar-refractivity contribution is -0.271. The number of nitrogen functional groups attached to an aromatic ring is 1. The third kappa shape index (κ3) is 12.4. The van der Waals surface area contributed by atoms with E-state index >= 15 is 8.78 Å². The van der Waals surface area contributed by atoms with Gasteiger partial charge in [-0.05, 0) is 23.8 Å². The van der Waals surface area contributed by atoms with Crippen LogP contribution in [0.4, 0.5) is 25.1 Å². The van der Waals surface area contributed by atoms with Gasteiger partial charge in [0.05, 0.1) is 24.6 Å². The third-order valence-electron chi connectivity index (χ3n) is 10.00. The molecule has 3 aliphatic heterocycles. The molecule has 0 unspecified atom stereocenters. The van der Waals surface area contributed by atoms with E-state index in [1.807, 2.05) is 0 Å². The molecule has 3 aliphatic rings. The Hall–Kier alpha value is -6.21. The second kappa shape index (κ2) is 21.0. The van der Waals surface area contributed by atoms with Gasteiger partial charge in [-0.1, -0.05) is 6.07 Å². The predicted molar refractivity (Wildman–Crippen MR) is 213 cm³/mol. The van der Waals surface area contributed by atoms with E-state index in [2.05, 4.69) is 10.3 Å². The van der Waals surface area contributed by atoms with E-state index in [1.165, 1.54) is 13.1 Å². The Morgan fingerprint density at radius 3 is 2.33 bits per heavy atom. The van der Waals surface area contributed by atoms with Gasteiger partial charge in [-0.15, -0.1) is 0 Å². The van der Waals surface area contributed by atoms with Crippen LogP contribution in [-0.2, 0) is 59.4 Å². The van der Waals surface area contributed by atoms with Gasteiger partial charge in [0.1, 0.15) is 59.2 Å². The largest absolute Gasteiger partial charge is 0.479 e. The first-order chi connectivity index (χ1) is 30.9. The van der Waals surface area contributed by atoms with Crippen molar-refractivity contribution < 1.29 is 95.2 Å². The number of alkyl halides is 2. The monoisotopic (exact) mass is 961 g/mol. The smallest absolute Gasteiger partial charge is 0.411 e. The maximum absolute atomic E-state index is 15.0. The fourth-order valence-corrected chi connectivity index (χ4v) is 6.95. The van der Waals surface area contributed by atoms with Gasteiger partial charge in [0.25, 0.3) is 11.8 Å². The number of benzene rings is 1. The molecular weight excluding hydrogens is 916 g/mol. The number of nitrogens with two attached hydrogens (primary N) is 1. The number of sulfone groups is 1. The number of nitrogens with zero attached hydrogens (tertiary/aromatic N) is 5. The van der Waals surface area contributed by atoms with Crippen LogP contribution >= 0.6 is 0 Å². The highest BCUT2D eigenvalue weighted by Crippen LogP contribution is 2.42. The molecule has 0 radical (unpaired) electrons.